The molecule has 0 saturated carbocycles. The maximum absolute atomic E-state index is 12.0. The van der Waals surface area contributed by atoms with Gasteiger partial charge in [0, 0.05) is 13.1 Å². The molecule has 0 unspecified atom stereocenters. The number of nitrogens with zero attached hydrogens (tertiary/aromatic N) is 1. The summed E-state index contributed by atoms with van der Waals surface area (Å²) in [7, 11) is 1.61. The number of carbonyl (C=O) groups is 1. The van der Waals surface area contributed by atoms with Crippen LogP contribution in [0.3, 0.4) is 0 Å². The second kappa shape index (κ2) is 5.08. The Labute approximate surface area is 102 Å². The van der Waals surface area contributed by atoms with Crippen molar-refractivity contribution in [3.63, 3.8) is 0 Å². The second-order valence-electron chi connectivity index (χ2n) is 4.33. The van der Waals surface area contributed by atoms with Crippen molar-refractivity contribution in [3.05, 3.63) is 23.8 Å². The van der Waals surface area contributed by atoms with Gasteiger partial charge in [-0.2, -0.15) is 0 Å². The summed E-state index contributed by atoms with van der Waals surface area (Å²) in [4.78, 5) is 13.8. The normalized spacial score (nSPS) is 14.8. The topological polar surface area (TPSA) is 41.6 Å². The number of likely N-dealkylation sites (tertiary alicyclic amines) is 1. The van der Waals surface area contributed by atoms with E-state index in [4.69, 9.17) is 4.74 Å². The highest BCUT2D eigenvalue weighted by Gasteiger charge is 2.18. The molecule has 2 amide bonds. The summed E-state index contributed by atoms with van der Waals surface area (Å²) >= 11 is 0. The summed E-state index contributed by atoms with van der Waals surface area (Å²) in [5.74, 6) is 0.697. The van der Waals surface area contributed by atoms with Crippen LogP contribution in [-0.4, -0.2) is 31.1 Å². The molecule has 1 aliphatic heterocycles. The van der Waals surface area contributed by atoms with Crippen LogP contribution >= 0.6 is 0 Å². The number of aryl methyl sites for hydroxylation is 1. The number of nitrogens with one attached hydrogen (secondary N) is 1. The maximum atomic E-state index is 12.0. The number of ether oxygens (including phenoxy) is 1. The van der Waals surface area contributed by atoms with Gasteiger partial charge in [0.2, 0.25) is 0 Å². The largest absolute Gasteiger partial charge is 0.495 e. The molecule has 92 valence electrons. The highest BCUT2D eigenvalue weighted by atomic mass is 16.5. The van der Waals surface area contributed by atoms with Crippen molar-refractivity contribution >= 4 is 11.7 Å². The number of amides is 2. The highest BCUT2D eigenvalue weighted by Crippen LogP contribution is 2.25. The van der Waals surface area contributed by atoms with Crippen LogP contribution in [0.4, 0.5) is 10.5 Å². The minimum Gasteiger partial charge on any atom is -0.495 e. The average molecular weight is 234 g/mol. The fourth-order valence-electron chi connectivity index (χ4n) is 2.03. The van der Waals surface area contributed by atoms with Gasteiger partial charge in [-0.1, -0.05) is 6.07 Å². The summed E-state index contributed by atoms with van der Waals surface area (Å²) in [5, 5.41) is 2.91. The van der Waals surface area contributed by atoms with E-state index in [1.54, 1.807) is 7.11 Å². The predicted molar refractivity (Wildman–Crippen MR) is 67.6 cm³/mol. The minimum absolute atomic E-state index is 0.0357. The van der Waals surface area contributed by atoms with Crippen molar-refractivity contribution in [2.45, 2.75) is 19.8 Å². The van der Waals surface area contributed by atoms with Gasteiger partial charge in [-0.05, 0) is 37.5 Å². The number of urea groups is 1. The van der Waals surface area contributed by atoms with Gasteiger partial charge in [0.15, 0.2) is 0 Å². The summed E-state index contributed by atoms with van der Waals surface area (Å²) in [6, 6.07) is 5.72. The fourth-order valence-corrected chi connectivity index (χ4v) is 2.03. The number of carbonyl (C=O) groups excluding carboxylic acids is 1. The SMILES string of the molecule is COc1ccc(C)cc1NC(=O)N1CCCC1. The van der Waals surface area contributed by atoms with Crippen molar-refractivity contribution in [1.82, 2.24) is 4.90 Å². The van der Waals surface area contributed by atoms with Crippen LogP contribution in [-0.2, 0) is 0 Å². The van der Waals surface area contributed by atoms with Crippen LogP contribution in [0, 0.1) is 6.92 Å². The Morgan fingerprint density at radius 2 is 2.06 bits per heavy atom. The zero-order valence-corrected chi connectivity index (χ0v) is 10.3. The molecular formula is C13H18N2O2. The lowest BCUT2D eigenvalue weighted by atomic mass is 10.2. The van der Waals surface area contributed by atoms with Crippen LogP contribution in [0.15, 0.2) is 18.2 Å². The molecule has 1 aliphatic rings. The molecule has 0 radical (unpaired) electrons. The number of benzene rings is 1. The standard InChI is InChI=1S/C13H18N2O2/c1-10-5-6-12(17-2)11(9-10)14-13(16)15-7-3-4-8-15/h5-6,9H,3-4,7-8H2,1-2H3,(H,14,16). The lowest BCUT2D eigenvalue weighted by Gasteiger charge is -2.17. The van der Waals surface area contributed by atoms with E-state index in [0.717, 1.165) is 37.2 Å². The Morgan fingerprint density at radius 1 is 1.35 bits per heavy atom. The molecule has 1 N–H and O–H groups in total. The lowest BCUT2D eigenvalue weighted by molar-refractivity contribution is 0.222. The quantitative estimate of drug-likeness (QED) is 0.854. The average Bonchev–Trinajstić information content (AvgIpc) is 2.83. The zero-order valence-electron chi connectivity index (χ0n) is 10.3. The Bertz CT molecular complexity index is 412. The minimum atomic E-state index is -0.0357. The van der Waals surface area contributed by atoms with Crippen LogP contribution in [0.5, 0.6) is 5.75 Å². The molecule has 0 atom stereocenters. The molecule has 0 spiro atoms. The third-order valence-corrected chi connectivity index (χ3v) is 2.99. The molecule has 1 fully saturated rings. The molecule has 0 aromatic heterocycles. The lowest BCUT2D eigenvalue weighted by Crippen LogP contribution is -2.32. The van der Waals surface area contributed by atoms with E-state index in [1.807, 2.05) is 30.0 Å². The van der Waals surface area contributed by atoms with E-state index in [0.29, 0.717) is 5.75 Å². The maximum Gasteiger partial charge on any atom is 0.321 e. The number of rotatable bonds is 2. The number of methoxy groups -OCH3 is 1. The summed E-state index contributed by atoms with van der Waals surface area (Å²) in [5.41, 5.74) is 1.84. The Hall–Kier alpha value is -1.71. The Balaban J connectivity index is 2.11. The number of anilines is 1. The fraction of sp³-hybridized carbons (Fsp3) is 0.462. The van der Waals surface area contributed by atoms with Crippen LogP contribution < -0.4 is 10.1 Å². The van der Waals surface area contributed by atoms with E-state index >= 15 is 0 Å². The van der Waals surface area contributed by atoms with Crippen LogP contribution in [0.1, 0.15) is 18.4 Å². The van der Waals surface area contributed by atoms with E-state index in [9.17, 15) is 4.79 Å². The van der Waals surface area contributed by atoms with E-state index in [2.05, 4.69) is 5.32 Å². The third kappa shape index (κ3) is 2.70. The van der Waals surface area contributed by atoms with E-state index in [1.165, 1.54) is 0 Å². The van der Waals surface area contributed by atoms with Gasteiger partial charge in [-0.3, -0.25) is 0 Å². The van der Waals surface area contributed by atoms with Gasteiger partial charge >= 0.3 is 6.03 Å². The van der Waals surface area contributed by atoms with Crippen molar-refractivity contribution in [2.75, 3.05) is 25.5 Å². The predicted octanol–water partition coefficient (Wildman–Crippen LogP) is 2.63. The first-order valence-electron chi connectivity index (χ1n) is 5.91. The van der Waals surface area contributed by atoms with E-state index < -0.39 is 0 Å². The second-order valence-corrected chi connectivity index (χ2v) is 4.33. The molecule has 0 aliphatic carbocycles. The summed E-state index contributed by atoms with van der Waals surface area (Å²) < 4.78 is 5.23. The van der Waals surface area contributed by atoms with Crippen molar-refractivity contribution in [2.24, 2.45) is 0 Å². The first-order chi connectivity index (χ1) is 8.20. The smallest absolute Gasteiger partial charge is 0.321 e. The molecule has 1 aromatic rings. The molecule has 1 saturated heterocycles. The van der Waals surface area contributed by atoms with Gasteiger partial charge in [-0.15, -0.1) is 0 Å². The van der Waals surface area contributed by atoms with Crippen LogP contribution in [0.25, 0.3) is 0 Å². The van der Waals surface area contributed by atoms with E-state index in [-0.39, 0.29) is 6.03 Å². The number of hydrogen-bond acceptors (Lipinski definition) is 2. The first-order valence-corrected chi connectivity index (χ1v) is 5.91. The zero-order chi connectivity index (χ0) is 12.3. The van der Waals surface area contributed by atoms with Crippen molar-refractivity contribution in [3.8, 4) is 5.75 Å². The van der Waals surface area contributed by atoms with Gasteiger partial charge in [-0.25, -0.2) is 4.79 Å². The Morgan fingerprint density at radius 3 is 2.71 bits per heavy atom. The Kier molecular flexibility index (Phi) is 3.52. The summed E-state index contributed by atoms with van der Waals surface area (Å²) in [6.07, 6.45) is 2.19. The third-order valence-electron chi connectivity index (χ3n) is 2.99. The van der Waals surface area contributed by atoms with Crippen LogP contribution in [0.2, 0.25) is 0 Å². The molecule has 17 heavy (non-hydrogen) atoms. The molecule has 1 aromatic carbocycles. The van der Waals surface area contributed by atoms with Gasteiger partial charge < -0.3 is 15.0 Å². The molecule has 4 nitrogen and oxygen atoms in total. The van der Waals surface area contributed by atoms with Gasteiger partial charge in [0.25, 0.3) is 0 Å². The monoisotopic (exact) mass is 234 g/mol. The van der Waals surface area contributed by atoms with Crippen molar-refractivity contribution < 1.29 is 9.53 Å². The van der Waals surface area contributed by atoms with Gasteiger partial charge in [0.05, 0.1) is 12.8 Å². The summed E-state index contributed by atoms with van der Waals surface area (Å²) in [6.45, 7) is 3.69. The number of hydrogen-bond donors (Lipinski definition) is 1. The highest BCUT2D eigenvalue weighted by molar-refractivity contribution is 5.91. The molecular weight excluding hydrogens is 216 g/mol. The van der Waals surface area contributed by atoms with Gasteiger partial charge in [0.1, 0.15) is 5.75 Å². The molecule has 2 rings (SSSR count). The first kappa shape index (κ1) is 11.8. The molecule has 4 heteroatoms. The molecule has 1 heterocycles. The molecule has 0 bridgehead atoms. The van der Waals surface area contributed by atoms with Crippen molar-refractivity contribution in [1.29, 1.82) is 0 Å².